The molecule has 0 bridgehead atoms. The number of aliphatic hydroxyl groups excluding tert-OH is 3. The second-order valence-electron chi connectivity index (χ2n) is 35.1. The van der Waals surface area contributed by atoms with E-state index in [1.54, 1.807) is 12.1 Å². The Balaban J connectivity index is 0.000000211. The first kappa shape index (κ1) is 117. The monoisotopic (exact) mass is 2200 g/mol. The van der Waals surface area contributed by atoms with Crippen molar-refractivity contribution in [3.63, 3.8) is 0 Å². The molecule has 0 spiro atoms. The van der Waals surface area contributed by atoms with Gasteiger partial charge in [0, 0.05) is 120 Å². The van der Waals surface area contributed by atoms with E-state index in [9.17, 15) is 30.2 Å². The third kappa shape index (κ3) is 34.5. The number of aryl methyl sites for hydroxylation is 2. The first-order valence-electron chi connectivity index (χ1n) is 47.2. The van der Waals surface area contributed by atoms with Crippen molar-refractivity contribution in [3.05, 3.63) is 366 Å². The average Bonchev–Trinajstić information content (AvgIpc) is 0.748. The van der Waals surface area contributed by atoms with Crippen molar-refractivity contribution in [1.29, 1.82) is 0 Å². The van der Waals surface area contributed by atoms with Gasteiger partial charge in [0.1, 0.15) is 32.0 Å². The Morgan fingerprint density at radius 1 is 0.514 bits per heavy atom. The number of fused-ring (bicyclic) bond motifs is 4. The predicted octanol–water partition coefficient (Wildman–Crippen LogP) is 23.7. The Labute approximate surface area is 878 Å². The van der Waals surface area contributed by atoms with Crippen molar-refractivity contribution in [2.45, 2.75) is 194 Å². The standard InChI is InChI=1S/C30H34ClNOSi.C30H35NO2Si.C15H15NO2.C15H16O3.C10H8INO2.C8H12O2.C7H5BrO.CH4.Cl2OS/c1-30(2,3)34(25-15-6-4-7-16-25,26-17-8-5-9-18-26)33-21-13-12-20-28-27-19-11-10-14-24(27)23-32-29(28)22-31;1-30(2,3)34(25-15-6-4-7-16-25,26-17-8-5-9-18-26)33-21-13-12-20-28-27-19-11-10-14-24(27)22-31-29(28)23-32;1-2-3-4-9-14-13-8-6-5-7-12(13)10-16(18)15(14)11-17;16-12-14-7-2-1-6-13(14)8-5-11-18-15-9-3-4-10-17-15;11-10-8-4-2-1-3-7(8)5-12(14)9(10)6-13;1-2-6-9-8-5-3-4-7-10-8;8-7-4-2-1-3-6(7)5-9;;1-4(2)3/h4-11,14-19,23H,12-13,20-22H2,1-3H3;4-11,14-19,22,32H,12-13,20-21,23H2,1-3H3;5-8,10,17H,2-3,11H2,1H3;1-2,6-7,12,15H,3-4,9-11H2;1-5,13H,6H2;1,8H,3-7H2;1-5H;1H4;. The minimum Gasteiger partial charge on any atom is -0.618 e. The van der Waals surface area contributed by atoms with Gasteiger partial charge >= 0.3 is 0 Å². The number of rotatable bonds is 27. The number of ether oxygens (including phenoxy) is 4. The van der Waals surface area contributed by atoms with Crippen molar-refractivity contribution < 1.29 is 66.4 Å². The number of alkyl halides is 1. The number of benzene rings is 10. The van der Waals surface area contributed by atoms with Gasteiger partial charge in [-0.2, -0.15) is 9.46 Å². The van der Waals surface area contributed by atoms with Crippen molar-refractivity contribution in [1.82, 2.24) is 9.97 Å². The molecule has 2 unspecified atom stereocenters. The molecule has 142 heavy (non-hydrogen) atoms. The number of pyridine rings is 4. The SMILES string of the molecule is C.C#CCOC1CCCCO1.CC(C)(C)[Si](OCCCCc1c(CCl)ncc2ccccc12)(c1ccccc1)c1ccccc1.CC(C)(C)[Si](OCCCCc1c(CO)ncc2ccccc12)(c1ccccc1)c1ccccc1.CCCC#Cc1c(CO)[n+]([O-])cc2ccccc12.O=Cc1ccccc1Br.O=Cc1ccccc1C#CCOC1CCCCO1.O=S(Cl)Cl.[O-][n+]1cc2ccccc2c(I)c1CO. The molecule has 18 nitrogen and oxygen atoms in total. The molecule has 2 fully saturated rings. The molecule has 746 valence electrons. The van der Waals surface area contributed by atoms with Gasteiger partial charge in [-0.25, -0.2) is 4.21 Å². The van der Waals surface area contributed by atoms with Crippen LogP contribution in [0.3, 0.4) is 0 Å². The van der Waals surface area contributed by atoms with Gasteiger partial charge in [0.2, 0.25) is 20.6 Å². The topological polar surface area (TPSA) is 247 Å². The molecule has 4 aromatic heterocycles. The van der Waals surface area contributed by atoms with Crippen LogP contribution in [0.25, 0.3) is 43.1 Å². The van der Waals surface area contributed by atoms with E-state index >= 15 is 0 Å². The highest BCUT2D eigenvalue weighted by Gasteiger charge is 2.51. The molecule has 3 N–H and O–H groups in total. The van der Waals surface area contributed by atoms with Crippen LogP contribution < -0.4 is 30.2 Å². The van der Waals surface area contributed by atoms with E-state index in [1.165, 1.54) is 61.3 Å². The van der Waals surface area contributed by atoms with Crippen LogP contribution in [0.15, 0.2) is 296 Å². The number of aliphatic hydroxyl groups is 3. The molecule has 26 heteroatoms. The molecule has 0 radical (unpaired) electrons. The van der Waals surface area contributed by atoms with E-state index in [0.29, 0.717) is 58.5 Å². The van der Waals surface area contributed by atoms with Crippen LogP contribution >= 0.6 is 71.5 Å². The van der Waals surface area contributed by atoms with Crippen molar-refractivity contribution in [2.24, 2.45) is 0 Å². The maximum atomic E-state index is 11.8. The van der Waals surface area contributed by atoms with Gasteiger partial charge in [0.15, 0.2) is 37.5 Å². The second-order valence-corrected chi connectivity index (χ2v) is 48.4. The number of hydrogen-bond donors (Lipinski definition) is 3. The number of aromatic nitrogens is 4. The highest BCUT2D eigenvalue weighted by molar-refractivity contribution is 14.1. The van der Waals surface area contributed by atoms with Crippen LogP contribution in [0.1, 0.15) is 199 Å². The van der Waals surface area contributed by atoms with Crippen LogP contribution in [0, 0.1) is 50.0 Å². The lowest BCUT2D eigenvalue weighted by Gasteiger charge is -2.43. The Kier molecular flexibility index (Phi) is 51.5. The summed E-state index contributed by atoms with van der Waals surface area (Å²) in [6.07, 6.45) is 27.4. The third-order valence-electron chi connectivity index (χ3n) is 23.6. The van der Waals surface area contributed by atoms with Gasteiger partial charge in [0.25, 0.3) is 16.6 Å². The third-order valence-corrected chi connectivity index (χ3v) is 35.9. The van der Waals surface area contributed by atoms with Gasteiger partial charge in [0.05, 0.1) is 27.4 Å². The molecule has 2 saturated heterocycles. The summed E-state index contributed by atoms with van der Waals surface area (Å²) in [6, 6.07) is 89.8. The lowest BCUT2D eigenvalue weighted by Crippen LogP contribution is -2.66. The van der Waals surface area contributed by atoms with Crippen molar-refractivity contribution in [2.75, 3.05) is 39.6 Å². The number of hydrogen-bond acceptors (Lipinski definition) is 16. The molecular weight excluding hydrogens is 2070 g/mol. The van der Waals surface area contributed by atoms with Gasteiger partial charge in [-0.15, -0.1) is 18.0 Å². The summed E-state index contributed by atoms with van der Waals surface area (Å²) in [4.78, 5) is 30.1. The number of terminal acetylenes is 1. The zero-order chi connectivity index (χ0) is 101. The minimum absolute atomic E-state index is 0. The Morgan fingerprint density at radius 2 is 0.908 bits per heavy atom. The molecule has 16 rings (SSSR count). The average molecular weight is 2200 g/mol. The minimum atomic E-state index is -2.49. The van der Waals surface area contributed by atoms with Crippen LogP contribution in [-0.2, 0) is 75.6 Å². The summed E-state index contributed by atoms with van der Waals surface area (Å²) in [6.45, 7) is 19.1. The van der Waals surface area contributed by atoms with Gasteiger partial charge in [-0.05, 0) is 183 Å². The van der Waals surface area contributed by atoms with Crippen LogP contribution in [0.2, 0.25) is 10.1 Å². The lowest BCUT2D eigenvalue weighted by molar-refractivity contribution is -0.615. The quantitative estimate of drug-likeness (QED) is 0.00498. The summed E-state index contributed by atoms with van der Waals surface area (Å²) in [7, 11) is 2.39. The number of halogens is 5. The second kappa shape index (κ2) is 62.5. The van der Waals surface area contributed by atoms with Gasteiger partial charge < -0.3 is 53.5 Å². The zero-order valence-electron chi connectivity index (χ0n) is 81.0. The summed E-state index contributed by atoms with van der Waals surface area (Å²) in [5.41, 5.74) is 7.61. The molecular formula is C116H129BrCl3IN4O14SSi2. The number of carbonyl (C=O) groups excluding carboxylic acids is 2. The first-order chi connectivity index (χ1) is 68.4. The smallest absolute Gasteiger partial charge is 0.261 e. The summed E-state index contributed by atoms with van der Waals surface area (Å²) >= 11 is 11.5. The largest absolute Gasteiger partial charge is 0.618 e. The highest BCUT2D eigenvalue weighted by atomic mass is 127. The maximum absolute atomic E-state index is 11.8. The van der Waals surface area contributed by atoms with E-state index < -0.39 is 25.9 Å². The van der Waals surface area contributed by atoms with Crippen molar-refractivity contribution >= 4 is 174 Å². The number of unbranched alkanes of at least 4 members (excludes halogenated alkanes) is 3. The fourth-order valence-corrected chi connectivity index (χ4v) is 27.5. The first-order valence-corrected chi connectivity index (χ1v) is 56.3. The Morgan fingerprint density at radius 3 is 1.32 bits per heavy atom. The molecule has 6 heterocycles. The van der Waals surface area contributed by atoms with Crippen molar-refractivity contribution in [3.8, 4) is 36.0 Å². The predicted molar refractivity (Wildman–Crippen MR) is 597 cm³/mol. The normalized spacial score (nSPS) is 13.2. The molecule has 2 aliphatic heterocycles. The van der Waals surface area contributed by atoms with E-state index in [0.717, 1.165) is 178 Å². The fourth-order valence-electron chi connectivity index (χ4n) is 16.8. The fraction of sp³-hybridized carbons (Fsp3) is 0.310. The number of nitrogens with zero attached hydrogens (tertiary/aromatic N) is 4. The van der Waals surface area contributed by atoms with E-state index in [4.69, 9.17) is 55.1 Å². The molecule has 0 saturated carbocycles. The van der Waals surface area contributed by atoms with Gasteiger partial charge in [-0.1, -0.05) is 344 Å². The number of aldehydes is 2. The maximum Gasteiger partial charge on any atom is 0.261 e. The highest BCUT2D eigenvalue weighted by Crippen LogP contribution is 2.39. The van der Waals surface area contributed by atoms with Crippen LogP contribution in [-0.4, -0.2) is 111 Å². The molecule has 2 atom stereocenters. The van der Waals surface area contributed by atoms with E-state index in [1.807, 2.05) is 103 Å². The van der Waals surface area contributed by atoms with E-state index in [2.05, 4.69) is 312 Å². The van der Waals surface area contributed by atoms with Crippen LogP contribution in [0.4, 0.5) is 0 Å². The molecule has 0 aliphatic carbocycles. The lowest BCUT2D eigenvalue weighted by atomic mass is 10.00. The molecule has 10 aromatic carbocycles. The molecule has 2 aliphatic rings. The Hall–Kier alpha value is -10.2. The summed E-state index contributed by atoms with van der Waals surface area (Å²) in [5.74, 6) is 14.8. The zero-order valence-corrected chi connectivity index (χ0v) is 89.8. The summed E-state index contributed by atoms with van der Waals surface area (Å²) < 4.78 is 47.6. The molecule has 14 aromatic rings. The summed E-state index contributed by atoms with van der Waals surface area (Å²) in [5, 5.41) is 65.1. The van der Waals surface area contributed by atoms with Crippen LogP contribution in [0.5, 0.6) is 0 Å². The van der Waals surface area contributed by atoms with E-state index in [-0.39, 0.29) is 49.9 Å². The van der Waals surface area contributed by atoms with Gasteiger partial charge in [-0.3, -0.25) is 19.6 Å². The number of carbonyl (C=O) groups is 2. The Bertz CT molecular complexity index is 6160. The molecule has 0 amide bonds.